The first-order valence-corrected chi connectivity index (χ1v) is 5.79. The molecule has 0 atom stereocenters. The lowest BCUT2D eigenvalue weighted by atomic mass is 10.1. The van der Waals surface area contributed by atoms with E-state index in [1.54, 1.807) is 14.2 Å². The molecule has 17 heavy (non-hydrogen) atoms. The van der Waals surface area contributed by atoms with Crippen molar-refractivity contribution in [1.29, 1.82) is 0 Å². The highest BCUT2D eigenvalue weighted by Crippen LogP contribution is 2.35. The van der Waals surface area contributed by atoms with Gasteiger partial charge in [0.1, 0.15) is 0 Å². The first-order valence-electron chi connectivity index (χ1n) is 5.79. The Labute approximate surface area is 102 Å². The van der Waals surface area contributed by atoms with Gasteiger partial charge in [-0.25, -0.2) is 0 Å². The van der Waals surface area contributed by atoms with Crippen LogP contribution in [0.3, 0.4) is 0 Å². The molecule has 0 fully saturated rings. The van der Waals surface area contributed by atoms with Gasteiger partial charge >= 0.3 is 0 Å². The van der Waals surface area contributed by atoms with E-state index in [-0.39, 0.29) is 0 Å². The van der Waals surface area contributed by atoms with Crippen LogP contribution in [0.2, 0.25) is 0 Å². The van der Waals surface area contributed by atoms with Crippen LogP contribution in [0.1, 0.15) is 19.4 Å². The van der Waals surface area contributed by atoms with Crippen molar-refractivity contribution in [1.82, 2.24) is 4.57 Å². The average molecular weight is 232 g/mol. The normalized spacial score (nSPS) is 10.8. The van der Waals surface area contributed by atoms with Gasteiger partial charge < -0.3 is 14.0 Å². The fraction of sp³-hybridized carbons (Fsp3) is 0.357. The molecule has 0 aliphatic carbocycles. The van der Waals surface area contributed by atoms with Gasteiger partial charge in [-0.05, 0) is 25.0 Å². The fourth-order valence-electron chi connectivity index (χ4n) is 2.14. The highest BCUT2D eigenvalue weighted by atomic mass is 16.5. The number of methoxy groups -OCH3 is 2. The Hall–Kier alpha value is -1.64. The van der Waals surface area contributed by atoms with Gasteiger partial charge in [-0.3, -0.25) is 0 Å². The van der Waals surface area contributed by atoms with Crippen molar-refractivity contribution in [2.45, 2.75) is 20.4 Å². The van der Waals surface area contributed by atoms with Gasteiger partial charge in [0.15, 0.2) is 11.5 Å². The Bertz CT molecular complexity index is 482. The molecule has 0 spiro atoms. The van der Waals surface area contributed by atoms with E-state index in [2.05, 4.69) is 24.1 Å². The van der Waals surface area contributed by atoms with Gasteiger partial charge in [-0.15, -0.1) is 0 Å². The Morgan fingerprint density at radius 3 is 2.35 bits per heavy atom. The van der Waals surface area contributed by atoms with E-state index in [9.17, 15) is 0 Å². The number of aryl methyl sites for hydroxylation is 1. The van der Waals surface area contributed by atoms with Crippen molar-refractivity contribution in [3.63, 3.8) is 0 Å². The molecule has 91 valence electrons. The second-order valence-electron chi connectivity index (χ2n) is 3.88. The molecule has 3 heteroatoms. The molecular formula is C14H18NO2. The number of benzene rings is 1. The Kier molecular flexibility index (Phi) is 3.27. The van der Waals surface area contributed by atoms with Crippen molar-refractivity contribution in [2.24, 2.45) is 0 Å². The van der Waals surface area contributed by atoms with Gasteiger partial charge in [0.25, 0.3) is 0 Å². The summed E-state index contributed by atoms with van der Waals surface area (Å²) in [6.07, 6.45) is 4.27. The second-order valence-corrected chi connectivity index (χ2v) is 3.88. The van der Waals surface area contributed by atoms with Crippen LogP contribution in [0.5, 0.6) is 11.5 Å². The summed E-state index contributed by atoms with van der Waals surface area (Å²) in [6.45, 7) is 5.13. The van der Waals surface area contributed by atoms with Crippen molar-refractivity contribution in [3.8, 4) is 11.5 Å². The maximum atomic E-state index is 5.34. The summed E-state index contributed by atoms with van der Waals surface area (Å²) in [5, 5.41) is 1.20. The van der Waals surface area contributed by atoms with Crippen LogP contribution in [0.25, 0.3) is 10.9 Å². The smallest absolute Gasteiger partial charge is 0.162 e. The third kappa shape index (κ3) is 1.86. The maximum Gasteiger partial charge on any atom is 0.162 e. The highest BCUT2D eigenvalue weighted by molar-refractivity contribution is 5.88. The molecule has 0 N–H and O–H groups in total. The third-order valence-electron chi connectivity index (χ3n) is 3.07. The molecule has 1 radical (unpaired) electrons. The quantitative estimate of drug-likeness (QED) is 0.807. The number of fused-ring (bicyclic) bond motifs is 1. The van der Waals surface area contributed by atoms with E-state index >= 15 is 0 Å². The van der Waals surface area contributed by atoms with Crippen molar-refractivity contribution < 1.29 is 9.47 Å². The minimum atomic E-state index is 0.774. The molecule has 1 aromatic heterocycles. The molecule has 0 aliphatic heterocycles. The summed E-state index contributed by atoms with van der Waals surface area (Å²) in [6, 6.07) is 4.07. The second kappa shape index (κ2) is 4.70. The predicted molar refractivity (Wildman–Crippen MR) is 69.8 cm³/mol. The lowest BCUT2D eigenvalue weighted by molar-refractivity contribution is 0.355. The number of nitrogens with zero attached hydrogens (tertiary/aromatic N) is 1. The van der Waals surface area contributed by atoms with Crippen LogP contribution in [-0.4, -0.2) is 18.8 Å². The minimum Gasteiger partial charge on any atom is -0.493 e. The molecule has 0 saturated heterocycles. The highest BCUT2D eigenvalue weighted by Gasteiger charge is 2.12. The average Bonchev–Trinajstić information content (AvgIpc) is 2.73. The van der Waals surface area contributed by atoms with Crippen LogP contribution in [0.4, 0.5) is 0 Å². The molecule has 1 heterocycles. The van der Waals surface area contributed by atoms with E-state index in [1.807, 2.05) is 19.1 Å². The van der Waals surface area contributed by atoms with Crippen LogP contribution < -0.4 is 9.47 Å². The minimum absolute atomic E-state index is 0.774. The maximum absolute atomic E-state index is 5.34. The summed E-state index contributed by atoms with van der Waals surface area (Å²) in [4.78, 5) is 0. The topological polar surface area (TPSA) is 23.4 Å². The number of rotatable bonds is 4. The number of hydrogen-bond donors (Lipinski definition) is 0. The zero-order valence-corrected chi connectivity index (χ0v) is 10.8. The molecular weight excluding hydrogens is 214 g/mol. The lowest BCUT2D eigenvalue weighted by Gasteiger charge is -2.09. The van der Waals surface area contributed by atoms with Crippen LogP contribution in [0, 0.1) is 6.42 Å². The van der Waals surface area contributed by atoms with Gasteiger partial charge in [-0.1, -0.05) is 6.92 Å². The summed E-state index contributed by atoms with van der Waals surface area (Å²) < 4.78 is 12.9. The number of aromatic nitrogens is 1. The first-order chi connectivity index (χ1) is 8.24. The summed E-state index contributed by atoms with van der Waals surface area (Å²) in [5.41, 5.74) is 2.40. The van der Waals surface area contributed by atoms with Crippen molar-refractivity contribution in [2.75, 3.05) is 14.2 Å². The molecule has 3 nitrogen and oxygen atoms in total. The molecule has 0 amide bonds. The Balaban J connectivity index is 2.74. The van der Waals surface area contributed by atoms with Gasteiger partial charge in [-0.2, -0.15) is 0 Å². The Morgan fingerprint density at radius 1 is 1.18 bits per heavy atom. The molecule has 2 aromatic rings. The van der Waals surface area contributed by atoms with E-state index < -0.39 is 0 Å². The lowest BCUT2D eigenvalue weighted by Crippen LogP contribution is -1.93. The zero-order valence-electron chi connectivity index (χ0n) is 10.8. The predicted octanol–water partition coefficient (Wildman–Crippen LogP) is 3.25. The van der Waals surface area contributed by atoms with Gasteiger partial charge in [0, 0.05) is 24.2 Å². The summed E-state index contributed by atoms with van der Waals surface area (Å²) >= 11 is 0. The molecule has 0 saturated carbocycles. The van der Waals surface area contributed by atoms with E-state index in [1.165, 1.54) is 16.5 Å². The van der Waals surface area contributed by atoms with Crippen molar-refractivity contribution >= 4 is 10.9 Å². The van der Waals surface area contributed by atoms with Crippen LogP contribution in [0.15, 0.2) is 18.3 Å². The third-order valence-corrected chi connectivity index (χ3v) is 3.07. The number of ether oxygens (including phenoxy) is 2. The first kappa shape index (κ1) is 11.8. The molecule has 1 aromatic carbocycles. The Morgan fingerprint density at radius 2 is 1.82 bits per heavy atom. The monoisotopic (exact) mass is 232 g/mol. The van der Waals surface area contributed by atoms with E-state index in [0.29, 0.717) is 0 Å². The molecule has 0 bridgehead atoms. The van der Waals surface area contributed by atoms with E-state index in [0.717, 1.165) is 18.0 Å². The largest absolute Gasteiger partial charge is 0.493 e. The zero-order chi connectivity index (χ0) is 12.4. The van der Waals surface area contributed by atoms with Gasteiger partial charge in [0.2, 0.25) is 0 Å². The van der Waals surface area contributed by atoms with Crippen molar-refractivity contribution in [3.05, 3.63) is 30.3 Å². The summed E-state index contributed by atoms with van der Waals surface area (Å²) in [5.74, 6) is 1.55. The molecule has 2 rings (SSSR count). The van der Waals surface area contributed by atoms with Crippen LogP contribution in [-0.2, 0) is 6.54 Å². The summed E-state index contributed by atoms with van der Waals surface area (Å²) in [7, 11) is 3.33. The van der Waals surface area contributed by atoms with Crippen LogP contribution >= 0.6 is 0 Å². The van der Waals surface area contributed by atoms with Gasteiger partial charge in [0.05, 0.1) is 19.7 Å². The standard InChI is InChI=1S/C14H18NO2/c1-5-10-9-15(6-2)12-8-14(17-4)13(16-3)7-11(10)12/h5,7-9H,6H2,1-4H3. The number of hydrogen-bond acceptors (Lipinski definition) is 2. The van der Waals surface area contributed by atoms with E-state index in [4.69, 9.17) is 9.47 Å². The SMILES string of the molecule is C[CH]c1cn(CC)c2cc(OC)c(OC)cc12. The molecule has 0 unspecified atom stereocenters. The fourth-order valence-corrected chi connectivity index (χ4v) is 2.14. The molecule has 0 aliphatic rings.